The topological polar surface area (TPSA) is 89.7 Å². The van der Waals surface area contributed by atoms with Crippen LogP contribution in [0.4, 0.5) is 0 Å². The molecule has 1 saturated heterocycles. The third-order valence-electron chi connectivity index (χ3n) is 3.57. The summed E-state index contributed by atoms with van der Waals surface area (Å²) in [6.07, 6.45) is 1.63. The SMILES string of the molecule is CC1CCC(C(N)=O)CN1C(=O)CCC(=O)OC(C)(C)C. The van der Waals surface area contributed by atoms with Crippen molar-refractivity contribution in [3.8, 4) is 0 Å². The molecular weight excluding hydrogens is 272 g/mol. The van der Waals surface area contributed by atoms with Crippen LogP contribution in [0.3, 0.4) is 0 Å². The number of hydrogen-bond donors (Lipinski definition) is 1. The Labute approximate surface area is 126 Å². The summed E-state index contributed by atoms with van der Waals surface area (Å²) in [4.78, 5) is 36.8. The van der Waals surface area contributed by atoms with E-state index in [9.17, 15) is 14.4 Å². The summed E-state index contributed by atoms with van der Waals surface area (Å²) in [7, 11) is 0. The highest BCUT2D eigenvalue weighted by Gasteiger charge is 2.31. The molecule has 2 amide bonds. The monoisotopic (exact) mass is 298 g/mol. The minimum atomic E-state index is -0.546. The van der Waals surface area contributed by atoms with E-state index in [1.807, 2.05) is 6.92 Å². The minimum Gasteiger partial charge on any atom is -0.460 e. The zero-order valence-corrected chi connectivity index (χ0v) is 13.3. The Kier molecular flexibility index (Phi) is 5.75. The van der Waals surface area contributed by atoms with Crippen molar-refractivity contribution in [1.29, 1.82) is 0 Å². The third-order valence-corrected chi connectivity index (χ3v) is 3.57. The highest BCUT2D eigenvalue weighted by atomic mass is 16.6. The summed E-state index contributed by atoms with van der Waals surface area (Å²) in [6.45, 7) is 7.66. The molecule has 0 bridgehead atoms. The molecule has 0 radical (unpaired) electrons. The smallest absolute Gasteiger partial charge is 0.306 e. The van der Waals surface area contributed by atoms with Crippen molar-refractivity contribution in [1.82, 2.24) is 4.90 Å². The maximum absolute atomic E-state index is 12.2. The molecule has 1 rings (SSSR count). The van der Waals surface area contributed by atoms with Gasteiger partial charge in [0, 0.05) is 19.0 Å². The molecule has 1 aliphatic rings. The molecule has 6 nitrogen and oxygen atoms in total. The van der Waals surface area contributed by atoms with Crippen LogP contribution in [0, 0.1) is 5.92 Å². The Balaban J connectivity index is 2.50. The number of nitrogens with zero attached hydrogens (tertiary/aromatic N) is 1. The first kappa shape index (κ1) is 17.5. The Bertz CT molecular complexity index is 414. The molecule has 2 atom stereocenters. The van der Waals surface area contributed by atoms with Gasteiger partial charge in [-0.05, 0) is 40.5 Å². The van der Waals surface area contributed by atoms with Crippen LogP contribution >= 0.6 is 0 Å². The number of likely N-dealkylation sites (tertiary alicyclic amines) is 1. The zero-order chi connectivity index (χ0) is 16.2. The molecular formula is C15H26N2O4. The predicted octanol–water partition coefficient (Wildman–Crippen LogP) is 1.22. The fraction of sp³-hybridized carbons (Fsp3) is 0.800. The molecule has 1 heterocycles. The van der Waals surface area contributed by atoms with Crippen LogP contribution in [0.15, 0.2) is 0 Å². The van der Waals surface area contributed by atoms with Gasteiger partial charge in [-0.2, -0.15) is 0 Å². The lowest BCUT2D eigenvalue weighted by molar-refractivity contribution is -0.157. The van der Waals surface area contributed by atoms with Crippen molar-refractivity contribution in [2.75, 3.05) is 6.54 Å². The van der Waals surface area contributed by atoms with Crippen molar-refractivity contribution >= 4 is 17.8 Å². The fourth-order valence-electron chi connectivity index (χ4n) is 2.43. The lowest BCUT2D eigenvalue weighted by Crippen LogP contribution is -2.48. The van der Waals surface area contributed by atoms with Crippen LogP contribution in [0.5, 0.6) is 0 Å². The van der Waals surface area contributed by atoms with E-state index in [0.717, 1.165) is 6.42 Å². The van der Waals surface area contributed by atoms with Gasteiger partial charge >= 0.3 is 5.97 Å². The van der Waals surface area contributed by atoms with Crippen molar-refractivity contribution in [3.63, 3.8) is 0 Å². The average molecular weight is 298 g/mol. The first-order chi connectivity index (χ1) is 9.60. The molecule has 2 N–H and O–H groups in total. The van der Waals surface area contributed by atoms with Gasteiger partial charge in [-0.25, -0.2) is 0 Å². The second kappa shape index (κ2) is 6.91. The molecule has 0 saturated carbocycles. The van der Waals surface area contributed by atoms with Crippen molar-refractivity contribution in [3.05, 3.63) is 0 Å². The molecule has 0 spiro atoms. The first-order valence-corrected chi connectivity index (χ1v) is 7.41. The summed E-state index contributed by atoms with van der Waals surface area (Å²) < 4.78 is 5.18. The van der Waals surface area contributed by atoms with Crippen molar-refractivity contribution in [2.24, 2.45) is 11.7 Å². The molecule has 120 valence electrons. The second-order valence-electron chi connectivity index (χ2n) is 6.66. The number of piperidine rings is 1. The Morgan fingerprint density at radius 2 is 1.81 bits per heavy atom. The van der Waals surface area contributed by atoms with Gasteiger partial charge in [0.25, 0.3) is 0 Å². The molecule has 1 aliphatic heterocycles. The Hall–Kier alpha value is -1.59. The van der Waals surface area contributed by atoms with Gasteiger partial charge in [0.2, 0.25) is 11.8 Å². The summed E-state index contributed by atoms with van der Waals surface area (Å²) >= 11 is 0. The van der Waals surface area contributed by atoms with Crippen molar-refractivity contribution in [2.45, 2.75) is 65.0 Å². The largest absolute Gasteiger partial charge is 0.460 e. The van der Waals surface area contributed by atoms with Crippen LogP contribution in [0.1, 0.15) is 53.4 Å². The van der Waals surface area contributed by atoms with E-state index in [-0.39, 0.29) is 42.6 Å². The van der Waals surface area contributed by atoms with Gasteiger partial charge in [0.05, 0.1) is 12.3 Å². The molecule has 0 aromatic rings. The normalized spacial score (nSPS) is 22.8. The van der Waals surface area contributed by atoms with Crippen LogP contribution in [0.2, 0.25) is 0 Å². The number of esters is 1. The minimum absolute atomic E-state index is 0.0561. The van der Waals surface area contributed by atoms with E-state index >= 15 is 0 Å². The quantitative estimate of drug-likeness (QED) is 0.790. The molecule has 21 heavy (non-hydrogen) atoms. The van der Waals surface area contributed by atoms with Gasteiger partial charge in [-0.3, -0.25) is 14.4 Å². The highest BCUT2D eigenvalue weighted by molar-refractivity contribution is 5.83. The maximum Gasteiger partial charge on any atom is 0.306 e. The van der Waals surface area contributed by atoms with E-state index < -0.39 is 5.60 Å². The number of amides is 2. The van der Waals surface area contributed by atoms with Gasteiger partial charge in [0.15, 0.2) is 0 Å². The second-order valence-corrected chi connectivity index (χ2v) is 6.66. The van der Waals surface area contributed by atoms with Gasteiger partial charge in [-0.15, -0.1) is 0 Å². The fourth-order valence-corrected chi connectivity index (χ4v) is 2.43. The molecule has 0 aliphatic carbocycles. The number of primary amides is 1. The predicted molar refractivity (Wildman–Crippen MR) is 78.2 cm³/mol. The van der Waals surface area contributed by atoms with Gasteiger partial charge < -0.3 is 15.4 Å². The number of rotatable bonds is 4. The average Bonchev–Trinajstić information content (AvgIpc) is 2.34. The molecule has 0 aromatic heterocycles. The Morgan fingerprint density at radius 1 is 1.19 bits per heavy atom. The van der Waals surface area contributed by atoms with Crippen LogP contribution in [-0.4, -0.2) is 40.9 Å². The number of carbonyl (C=O) groups is 3. The highest BCUT2D eigenvalue weighted by Crippen LogP contribution is 2.22. The van der Waals surface area contributed by atoms with E-state index in [0.29, 0.717) is 13.0 Å². The number of carbonyl (C=O) groups excluding carboxylic acids is 3. The lowest BCUT2D eigenvalue weighted by atomic mass is 9.92. The van der Waals surface area contributed by atoms with E-state index in [4.69, 9.17) is 10.5 Å². The number of hydrogen-bond acceptors (Lipinski definition) is 4. The number of ether oxygens (including phenoxy) is 1. The van der Waals surface area contributed by atoms with Crippen molar-refractivity contribution < 1.29 is 19.1 Å². The van der Waals surface area contributed by atoms with E-state index in [2.05, 4.69) is 0 Å². The molecule has 6 heteroatoms. The maximum atomic E-state index is 12.2. The first-order valence-electron chi connectivity index (χ1n) is 7.41. The summed E-state index contributed by atoms with van der Waals surface area (Å²) in [5.74, 6) is -1.16. The molecule has 1 fully saturated rings. The molecule has 2 unspecified atom stereocenters. The van der Waals surface area contributed by atoms with Gasteiger partial charge in [0.1, 0.15) is 5.60 Å². The summed E-state index contributed by atoms with van der Waals surface area (Å²) in [5.41, 5.74) is 4.77. The zero-order valence-electron chi connectivity index (χ0n) is 13.3. The van der Waals surface area contributed by atoms with Crippen LogP contribution in [-0.2, 0) is 19.1 Å². The summed E-state index contributed by atoms with van der Waals surface area (Å²) in [5, 5.41) is 0. The third kappa shape index (κ3) is 5.73. The summed E-state index contributed by atoms with van der Waals surface area (Å²) in [6, 6.07) is 0.0757. The van der Waals surface area contributed by atoms with Crippen LogP contribution < -0.4 is 5.73 Å². The number of nitrogens with two attached hydrogens (primary N) is 1. The van der Waals surface area contributed by atoms with Crippen LogP contribution in [0.25, 0.3) is 0 Å². The van der Waals surface area contributed by atoms with E-state index in [1.165, 1.54) is 0 Å². The standard InChI is InChI=1S/C15H26N2O4/c1-10-5-6-11(14(16)20)9-17(10)12(18)7-8-13(19)21-15(2,3)4/h10-11H,5-9H2,1-4H3,(H2,16,20). The Morgan fingerprint density at radius 3 is 2.33 bits per heavy atom. The lowest BCUT2D eigenvalue weighted by Gasteiger charge is -2.37. The van der Waals surface area contributed by atoms with Gasteiger partial charge in [-0.1, -0.05) is 0 Å². The molecule has 0 aromatic carbocycles. The van der Waals surface area contributed by atoms with E-state index in [1.54, 1.807) is 25.7 Å².